The molecule has 3 heteroatoms. The van der Waals surface area contributed by atoms with Crippen LogP contribution >= 0.6 is 0 Å². The summed E-state index contributed by atoms with van der Waals surface area (Å²) in [5.74, 6) is 1.75. The maximum Gasteiger partial charge on any atom is 0.118 e. The van der Waals surface area contributed by atoms with E-state index >= 15 is 0 Å². The van der Waals surface area contributed by atoms with Gasteiger partial charge >= 0.3 is 0 Å². The Balaban J connectivity index is 2.46. The van der Waals surface area contributed by atoms with Gasteiger partial charge in [-0.15, -0.1) is 0 Å². The summed E-state index contributed by atoms with van der Waals surface area (Å²) in [5.41, 5.74) is 0.245. The molecule has 1 heterocycles. The van der Waals surface area contributed by atoms with Crippen molar-refractivity contribution in [2.24, 2.45) is 0 Å². The highest BCUT2D eigenvalue weighted by Gasteiger charge is 2.25. The molecule has 1 atom stereocenters. The molecule has 1 unspecified atom stereocenters. The van der Waals surface area contributed by atoms with Crippen LogP contribution in [-0.4, -0.2) is 39.6 Å². The van der Waals surface area contributed by atoms with Gasteiger partial charge in [0.1, 0.15) is 11.5 Å². The van der Waals surface area contributed by atoms with Gasteiger partial charge in [-0.2, -0.15) is 0 Å². The maximum absolute atomic E-state index is 11.2. The second-order valence-electron chi connectivity index (χ2n) is 4.36. The first-order valence-electron chi connectivity index (χ1n) is 4.60. The zero-order chi connectivity index (χ0) is 9.19. The molecular weight excluding hydrogens is 170 g/mol. The molecule has 0 aliphatic carbocycles. The average Bonchev–Trinajstić information content (AvgIpc) is 2.11. The van der Waals surface area contributed by atoms with Gasteiger partial charge in [0.05, 0.1) is 0 Å². The van der Waals surface area contributed by atoms with E-state index in [4.69, 9.17) is 0 Å². The van der Waals surface area contributed by atoms with Crippen LogP contribution in [0.15, 0.2) is 0 Å². The molecule has 0 radical (unpaired) electrons. The first kappa shape index (κ1) is 10.4. The van der Waals surface area contributed by atoms with Crippen LogP contribution in [0.5, 0.6) is 0 Å². The summed E-state index contributed by atoms with van der Waals surface area (Å²) >= 11 is -0.555. The second kappa shape index (κ2) is 3.99. The molecule has 0 bridgehead atoms. The molecule has 0 aromatic heterocycles. The van der Waals surface area contributed by atoms with Crippen molar-refractivity contribution in [3.63, 3.8) is 0 Å². The van der Waals surface area contributed by atoms with Gasteiger partial charge in [0.2, 0.25) is 0 Å². The molecule has 0 aromatic carbocycles. The van der Waals surface area contributed by atoms with Crippen LogP contribution in [0.1, 0.15) is 27.2 Å². The highest BCUT2D eigenvalue weighted by Crippen LogP contribution is 2.16. The lowest BCUT2D eigenvalue weighted by Crippen LogP contribution is -2.42. The third kappa shape index (κ3) is 2.96. The van der Waals surface area contributed by atoms with Gasteiger partial charge in [-0.1, -0.05) is 11.2 Å². The van der Waals surface area contributed by atoms with Gasteiger partial charge in [-0.05, 0) is 20.8 Å². The van der Waals surface area contributed by atoms with Crippen molar-refractivity contribution in [1.29, 1.82) is 0 Å². The van der Waals surface area contributed by atoms with E-state index in [0.29, 0.717) is 0 Å². The van der Waals surface area contributed by atoms with Crippen molar-refractivity contribution in [2.75, 3.05) is 24.6 Å². The Hall–Kier alpha value is 0.270. The van der Waals surface area contributed by atoms with Crippen LogP contribution < -0.4 is 0 Å². The fourth-order valence-corrected chi connectivity index (χ4v) is 2.59. The van der Waals surface area contributed by atoms with Crippen molar-refractivity contribution in [3.8, 4) is 0 Å². The van der Waals surface area contributed by atoms with Crippen molar-refractivity contribution in [1.82, 2.24) is 4.90 Å². The largest absolute Gasteiger partial charge is 0.616 e. The molecule has 1 aliphatic rings. The normalized spacial score (nSPS) is 28.5. The SMILES string of the molecule is CC(C)(C)N1CCC[S+]([O-])CC1. The Morgan fingerprint density at radius 2 is 1.83 bits per heavy atom. The van der Waals surface area contributed by atoms with Gasteiger partial charge in [0, 0.05) is 25.0 Å². The predicted molar refractivity (Wildman–Crippen MR) is 53.8 cm³/mol. The zero-order valence-electron chi connectivity index (χ0n) is 8.30. The van der Waals surface area contributed by atoms with Gasteiger partial charge in [0.15, 0.2) is 0 Å². The van der Waals surface area contributed by atoms with E-state index in [2.05, 4.69) is 25.7 Å². The standard InChI is InChI=1S/C9H19NOS/c1-9(2,3)10-5-4-7-12(11)8-6-10/h4-8H2,1-3H3. The van der Waals surface area contributed by atoms with Crippen molar-refractivity contribution in [3.05, 3.63) is 0 Å². The van der Waals surface area contributed by atoms with E-state index < -0.39 is 11.2 Å². The summed E-state index contributed by atoms with van der Waals surface area (Å²) in [5, 5.41) is 0. The monoisotopic (exact) mass is 189 g/mol. The smallest absolute Gasteiger partial charge is 0.118 e. The zero-order valence-corrected chi connectivity index (χ0v) is 9.12. The maximum atomic E-state index is 11.2. The van der Waals surface area contributed by atoms with Crippen LogP contribution in [0.2, 0.25) is 0 Å². The van der Waals surface area contributed by atoms with Crippen molar-refractivity contribution in [2.45, 2.75) is 32.7 Å². The molecule has 0 aromatic rings. The molecule has 1 aliphatic heterocycles. The first-order chi connectivity index (χ1) is 5.50. The summed E-state index contributed by atoms with van der Waals surface area (Å²) in [6.45, 7) is 8.77. The quantitative estimate of drug-likeness (QED) is 0.536. The molecule has 12 heavy (non-hydrogen) atoms. The first-order valence-corrected chi connectivity index (χ1v) is 6.09. The van der Waals surface area contributed by atoms with Crippen molar-refractivity contribution < 1.29 is 4.55 Å². The topological polar surface area (TPSA) is 26.3 Å². The lowest BCUT2D eigenvalue weighted by atomic mass is 10.1. The molecule has 0 saturated carbocycles. The van der Waals surface area contributed by atoms with Crippen LogP contribution in [0.4, 0.5) is 0 Å². The van der Waals surface area contributed by atoms with Gasteiger partial charge in [-0.3, -0.25) is 4.90 Å². The van der Waals surface area contributed by atoms with Gasteiger partial charge in [0.25, 0.3) is 0 Å². The van der Waals surface area contributed by atoms with E-state index in [-0.39, 0.29) is 5.54 Å². The van der Waals surface area contributed by atoms with Gasteiger partial charge in [-0.25, -0.2) is 0 Å². The highest BCUT2D eigenvalue weighted by atomic mass is 32.2. The third-order valence-electron chi connectivity index (χ3n) is 2.34. The molecule has 0 spiro atoms. The number of nitrogens with zero attached hydrogens (tertiary/aromatic N) is 1. The molecule has 0 N–H and O–H groups in total. The minimum Gasteiger partial charge on any atom is -0.616 e. The minimum atomic E-state index is -0.555. The van der Waals surface area contributed by atoms with Gasteiger partial charge < -0.3 is 4.55 Å². The Kier molecular flexibility index (Phi) is 3.44. The van der Waals surface area contributed by atoms with E-state index in [0.717, 1.165) is 31.0 Å². The summed E-state index contributed by atoms with van der Waals surface area (Å²) in [7, 11) is 0. The molecule has 0 amide bonds. The lowest BCUT2D eigenvalue weighted by Gasteiger charge is -2.33. The van der Waals surface area contributed by atoms with Crippen molar-refractivity contribution >= 4 is 11.2 Å². The predicted octanol–water partition coefficient (Wildman–Crippen LogP) is 1.24. The number of hydrogen-bond donors (Lipinski definition) is 0. The van der Waals surface area contributed by atoms with Crippen LogP contribution in [0.3, 0.4) is 0 Å². The Labute approximate surface area is 78.5 Å². The van der Waals surface area contributed by atoms with Crippen LogP contribution in [0.25, 0.3) is 0 Å². The van der Waals surface area contributed by atoms with E-state index in [9.17, 15) is 4.55 Å². The number of hydrogen-bond acceptors (Lipinski definition) is 2. The van der Waals surface area contributed by atoms with E-state index in [1.165, 1.54) is 0 Å². The Morgan fingerprint density at radius 1 is 1.17 bits per heavy atom. The molecule has 2 nitrogen and oxygen atoms in total. The van der Waals surface area contributed by atoms with E-state index in [1.807, 2.05) is 0 Å². The summed E-state index contributed by atoms with van der Waals surface area (Å²) in [4.78, 5) is 2.43. The van der Waals surface area contributed by atoms with Crippen LogP contribution in [0, 0.1) is 0 Å². The molecule has 1 rings (SSSR count). The number of rotatable bonds is 0. The molecule has 1 fully saturated rings. The van der Waals surface area contributed by atoms with E-state index in [1.54, 1.807) is 0 Å². The Morgan fingerprint density at radius 3 is 2.42 bits per heavy atom. The molecule has 1 saturated heterocycles. The highest BCUT2D eigenvalue weighted by molar-refractivity contribution is 7.91. The molecule has 72 valence electrons. The lowest BCUT2D eigenvalue weighted by molar-refractivity contribution is 0.149. The fraction of sp³-hybridized carbons (Fsp3) is 1.00. The third-order valence-corrected chi connectivity index (χ3v) is 3.72. The summed E-state index contributed by atoms with van der Waals surface area (Å²) in [6, 6.07) is 0. The molecular formula is C9H19NOS. The fourth-order valence-electron chi connectivity index (χ4n) is 1.51. The second-order valence-corrected chi connectivity index (χ2v) is 6.06. The average molecular weight is 189 g/mol. The Bertz CT molecular complexity index is 144. The minimum absolute atomic E-state index is 0.245. The summed E-state index contributed by atoms with van der Waals surface area (Å²) in [6.07, 6.45) is 1.09. The van der Waals surface area contributed by atoms with Crippen LogP contribution in [-0.2, 0) is 11.2 Å². The summed E-state index contributed by atoms with van der Waals surface area (Å²) < 4.78 is 11.2.